The highest BCUT2D eigenvalue weighted by atomic mass is 16.6. The number of carbonyl (C=O) groups excluding carboxylic acids is 3. The Hall–Kier alpha value is -2.50. The fourth-order valence-corrected chi connectivity index (χ4v) is 1.60. The van der Waals surface area contributed by atoms with Crippen molar-refractivity contribution in [3.8, 4) is 0 Å². The second-order valence-electron chi connectivity index (χ2n) is 5.55. The Morgan fingerprint density at radius 2 is 1.91 bits per heavy atom. The molecule has 6 nitrogen and oxygen atoms in total. The molecule has 0 aliphatic heterocycles. The zero-order valence-corrected chi connectivity index (χ0v) is 13.2. The number of rotatable bonds is 3. The molecule has 6 heteroatoms. The molecule has 0 aromatic heterocycles. The molecule has 2 amide bonds. The van der Waals surface area contributed by atoms with Gasteiger partial charge in [-0.1, -0.05) is 25.1 Å². The molecule has 0 spiro atoms. The van der Waals surface area contributed by atoms with Crippen molar-refractivity contribution in [1.82, 2.24) is 5.32 Å². The van der Waals surface area contributed by atoms with E-state index in [1.165, 1.54) is 6.07 Å². The minimum Gasteiger partial charge on any atom is -0.442 e. The minimum atomic E-state index is -0.770. The van der Waals surface area contributed by atoms with Crippen LogP contribution in [-0.2, 0) is 4.74 Å². The third kappa shape index (κ3) is 5.47. The van der Waals surface area contributed by atoms with Crippen molar-refractivity contribution in [3.63, 3.8) is 0 Å². The Kier molecular flexibility index (Phi) is 5.98. The van der Waals surface area contributed by atoms with E-state index in [9.17, 15) is 14.4 Å². The van der Waals surface area contributed by atoms with Gasteiger partial charge in [-0.15, -0.1) is 0 Å². The van der Waals surface area contributed by atoms with Crippen molar-refractivity contribution < 1.29 is 19.1 Å². The Bertz CT molecular complexity index is 600. The largest absolute Gasteiger partial charge is 0.442 e. The average molecular weight is 304 g/mol. The molecule has 0 aliphatic rings. The molecular formula is C16H20N2O4. The minimum absolute atomic E-state index is 0.181. The van der Waals surface area contributed by atoms with Gasteiger partial charge in [-0.3, -0.25) is 9.59 Å². The lowest BCUT2D eigenvalue weighted by atomic mass is 10.1. The Labute approximate surface area is 129 Å². The molecule has 1 N–H and O–H groups in total. The second-order valence-corrected chi connectivity index (χ2v) is 5.55. The lowest BCUT2D eigenvalue weighted by Crippen LogP contribution is -2.32. The van der Waals surface area contributed by atoms with Gasteiger partial charge in [-0.05, 0) is 26.8 Å². The molecule has 1 aromatic carbocycles. The third-order valence-electron chi connectivity index (χ3n) is 2.54. The molecule has 22 heavy (non-hydrogen) atoms. The van der Waals surface area contributed by atoms with E-state index in [2.05, 4.69) is 10.3 Å². The number of hydrogen-bond acceptors (Lipinski definition) is 4. The summed E-state index contributed by atoms with van der Waals surface area (Å²) >= 11 is 0. The van der Waals surface area contributed by atoms with Gasteiger partial charge >= 0.3 is 6.09 Å². The van der Waals surface area contributed by atoms with Crippen LogP contribution in [0, 0.1) is 0 Å². The number of aliphatic imine (C=N–C) groups is 1. The van der Waals surface area contributed by atoms with Crippen LogP contribution in [0.1, 0.15) is 54.8 Å². The summed E-state index contributed by atoms with van der Waals surface area (Å²) in [6.07, 6.45) is 0.174. The Morgan fingerprint density at radius 1 is 1.27 bits per heavy atom. The summed E-state index contributed by atoms with van der Waals surface area (Å²) < 4.78 is 5.07. The van der Waals surface area contributed by atoms with Crippen LogP contribution in [0.4, 0.5) is 4.79 Å². The summed E-state index contributed by atoms with van der Waals surface area (Å²) in [7, 11) is 0. The van der Waals surface area contributed by atoms with Crippen LogP contribution in [-0.4, -0.2) is 29.7 Å². The number of ether oxygens (including phenoxy) is 1. The quantitative estimate of drug-likeness (QED) is 0.528. The number of nitrogens with one attached hydrogen (secondary N) is 1. The summed E-state index contributed by atoms with van der Waals surface area (Å²) in [5.74, 6) is -0.313. The number of amides is 2. The van der Waals surface area contributed by atoms with E-state index in [0.717, 1.165) is 0 Å². The highest BCUT2D eigenvalue weighted by Gasteiger charge is 2.17. The standard InChI is InChI=1S/C16H20N2O4/c1-5-13(18-15(21)22-16(2,3)4)17-14(20)12-9-7-6-8-11(12)10-19/h6-10H,5H2,1-4H3,(H,17,18,20,21). The molecule has 0 unspecified atom stereocenters. The first-order valence-corrected chi connectivity index (χ1v) is 6.93. The normalized spacial score (nSPS) is 11.7. The summed E-state index contributed by atoms with van der Waals surface area (Å²) in [5, 5.41) is 2.53. The predicted molar refractivity (Wildman–Crippen MR) is 83.3 cm³/mol. The van der Waals surface area contributed by atoms with Gasteiger partial charge in [0.15, 0.2) is 6.29 Å². The van der Waals surface area contributed by atoms with Gasteiger partial charge in [0.2, 0.25) is 0 Å². The first-order chi connectivity index (χ1) is 10.3. The molecule has 1 rings (SSSR count). The maximum absolute atomic E-state index is 12.2. The maximum atomic E-state index is 12.2. The van der Waals surface area contributed by atoms with E-state index in [1.807, 2.05) is 0 Å². The van der Waals surface area contributed by atoms with E-state index in [1.54, 1.807) is 45.9 Å². The van der Waals surface area contributed by atoms with Gasteiger partial charge in [0, 0.05) is 12.0 Å². The second kappa shape index (κ2) is 7.49. The zero-order chi connectivity index (χ0) is 16.8. The van der Waals surface area contributed by atoms with E-state index in [4.69, 9.17) is 4.74 Å². The predicted octanol–water partition coefficient (Wildman–Crippen LogP) is 2.97. The molecule has 0 heterocycles. The van der Waals surface area contributed by atoms with Crippen molar-refractivity contribution in [3.05, 3.63) is 35.4 Å². The van der Waals surface area contributed by atoms with Crippen molar-refractivity contribution in [2.24, 2.45) is 4.99 Å². The van der Waals surface area contributed by atoms with E-state index >= 15 is 0 Å². The number of amidine groups is 1. The van der Waals surface area contributed by atoms with Gasteiger partial charge in [0.25, 0.3) is 5.91 Å². The van der Waals surface area contributed by atoms with E-state index in [-0.39, 0.29) is 17.0 Å². The fraction of sp³-hybridized carbons (Fsp3) is 0.375. The van der Waals surface area contributed by atoms with Crippen LogP contribution >= 0.6 is 0 Å². The van der Waals surface area contributed by atoms with Crippen LogP contribution in [0.3, 0.4) is 0 Å². The third-order valence-corrected chi connectivity index (χ3v) is 2.54. The Balaban J connectivity index is 2.88. The lowest BCUT2D eigenvalue weighted by Gasteiger charge is -2.17. The molecule has 0 saturated carbocycles. The SMILES string of the molecule is CCC(=NC(=O)OC(C)(C)C)NC(=O)c1ccccc1C=O. The summed E-state index contributed by atoms with van der Waals surface area (Å²) in [6.45, 7) is 6.93. The van der Waals surface area contributed by atoms with Gasteiger partial charge in [0.05, 0.1) is 5.56 Å². The molecule has 0 atom stereocenters. The smallest absolute Gasteiger partial charge is 0.435 e. The van der Waals surface area contributed by atoms with Gasteiger partial charge < -0.3 is 10.1 Å². The number of carbonyl (C=O) groups is 3. The fourth-order valence-electron chi connectivity index (χ4n) is 1.60. The molecule has 1 aromatic rings. The van der Waals surface area contributed by atoms with E-state index < -0.39 is 17.6 Å². The van der Waals surface area contributed by atoms with Crippen molar-refractivity contribution in [1.29, 1.82) is 0 Å². The van der Waals surface area contributed by atoms with Gasteiger partial charge in [-0.25, -0.2) is 4.79 Å². The van der Waals surface area contributed by atoms with E-state index in [0.29, 0.717) is 12.7 Å². The van der Waals surface area contributed by atoms with Crippen LogP contribution in [0.25, 0.3) is 0 Å². The monoisotopic (exact) mass is 304 g/mol. The molecule has 0 fully saturated rings. The van der Waals surface area contributed by atoms with Crippen LogP contribution in [0.5, 0.6) is 0 Å². The summed E-state index contributed by atoms with van der Waals surface area (Å²) in [5.41, 5.74) is -0.163. The number of hydrogen-bond donors (Lipinski definition) is 1. The molecule has 0 saturated heterocycles. The molecular weight excluding hydrogens is 284 g/mol. The van der Waals surface area contributed by atoms with Crippen molar-refractivity contribution in [2.75, 3.05) is 0 Å². The average Bonchev–Trinajstić information content (AvgIpc) is 2.44. The molecule has 118 valence electrons. The topological polar surface area (TPSA) is 84.8 Å². The number of nitrogens with zero attached hydrogens (tertiary/aromatic N) is 1. The number of aldehydes is 1. The summed E-state index contributed by atoms with van der Waals surface area (Å²) in [6, 6.07) is 6.38. The first kappa shape index (κ1) is 17.6. The van der Waals surface area contributed by atoms with Crippen LogP contribution < -0.4 is 5.32 Å². The molecule has 0 aliphatic carbocycles. The molecule has 0 bridgehead atoms. The highest BCUT2D eigenvalue weighted by Crippen LogP contribution is 2.09. The molecule has 0 radical (unpaired) electrons. The highest BCUT2D eigenvalue weighted by molar-refractivity contribution is 6.11. The lowest BCUT2D eigenvalue weighted by molar-refractivity contribution is 0.0603. The van der Waals surface area contributed by atoms with Crippen molar-refractivity contribution >= 4 is 24.1 Å². The number of benzene rings is 1. The van der Waals surface area contributed by atoms with Crippen LogP contribution in [0.15, 0.2) is 29.3 Å². The van der Waals surface area contributed by atoms with Gasteiger partial charge in [-0.2, -0.15) is 4.99 Å². The zero-order valence-electron chi connectivity index (χ0n) is 13.2. The summed E-state index contributed by atoms with van der Waals surface area (Å²) in [4.78, 5) is 38.5. The van der Waals surface area contributed by atoms with Gasteiger partial charge in [0.1, 0.15) is 11.4 Å². The van der Waals surface area contributed by atoms with Crippen LogP contribution in [0.2, 0.25) is 0 Å². The maximum Gasteiger partial charge on any atom is 0.435 e. The Morgan fingerprint density at radius 3 is 2.45 bits per heavy atom. The first-order valence-electron chi connectivity index (χ1n) is 6.93. The van der Waals surface area contributed by atoms with Crippen molar-refractivity contribution in [2.45, 2.75) is 39.7 Å².